The molecule has 0 radical (unpaired) electrons. The third kappa shape index (κ3) is 66.9. The Labute approximate surface area is 138 Å². The van der Waals surface area contributed by atoms with E-state index in [-0.39, 0.29) is 50.9 Å². The molecule has 0 aliphatic rings. The van der Waals surface area contributed by atoms with Gasteiger partial charge in [-0.2, -0.15) is 0 Å². The zero-order valence-corrected chi connectivity index (χ0v) is 14.6. The second-order valence-electron chi connectivity index (χ2n) is 3.37. The SMILES string of the molecule is CCCC(=O)[O-].CCCC(=O)[O-].CCCC(=O)[O-].[OH-].[Zr+4]. The number of aliphatic carboxylic acids is 3. The van der Waals surface area contributed by atoms with Crippen LogP contribution in [-0.2, 0) is 40.6 Å². The van der Waals surface area contributed by atoms with Gasteiger partial charge in [0.05, 0.1) is 0 Å². The van der Waals surface area contributed by atoms with Crippen LogP contribution in [0.25, 0.3) is 0 Å². The summed E-state index contributed by atoms with van der Waals surface area (Å²) in [4.78, 5) is 28.5. The molecule has 1 N–H and O–H groups in total. The zero-order chi connectivity index (χ0) is 15.0. The average Bonchev–Trinajstić information content (AvgIpc) is 2.18. The first kappa shape index (κ1) is 31.6. The van der Waals surface area contributed by atoms with E-state index in [1.807, 2.05) is 0 Å². The molecule has 0 atom stereocenters. The Kier molecular flexibility index (Phi) is 42.2. The first-order valence-electron chi connectivity index (χ1n) is 5.91. The van der Waals surface area contributed by atoms with Crippen molar-refractivity contribution < 1.29 is 61.4 Å². The average molecular weight is 370 g/mol. The van der Waals surface area contributed by atoms with Crippen LogP contribution in [0.5, 0.6) is 0 Å². The predicted molar refractivity (Wildman–Crippen MR) is 61.7 cm³/mol. The molecule has 7 nitrogen and oxygen atoms in total. The van der Waals surface area contributed by atoms with Gasteiger partial charge in [-0.05, 0) is 19.3 Å². The molecule has 0 saturated heterocycles. The molecule has 0 spiro atoms. The van der Waals surface area contributed by atoms with Crippen LogP contribution in [0.4, 0.5) is 0 Å². The van der Waals surface area contributed by atoms with Gasteiger partial charge >= 0.3 is 26.2 Å². The number of hydrogen-bond acceptors (Lipinski definition) is 7. The van der Waals surface area contributed by atoms with Crippen LogP contribution in [-0.4, -0.2) is 23.4 Å². The summed E-state index contributed by atoms with van der Waals surface area (Å²) in [5, 5.41) is 28.5. The first-order valence-corrected chi connectivity index (χ1v) is 5.91. The molecule has 116 valence electrons. The monoisotopic (exact) mass is 368 g/mol. The second-order valence-corrected chi connectivity index (χ2v) is 3.37. The quantitative estimate of drug-likeness (QED) is 0.548. The molecule has 0 aromatic rings. The van der Waals surface area contributed by atoms with E-state index in [1.165, 1.54) is 0 Å². The molecule has 0 saturated carbocycles. The fraction of sp³-hybridized carbons (Fsp3) is 0.750. The molecule has 0 aliphatic carbocycles. The third-order valence-corrected chi connectivity index (χ3v) is 1.36. The van der Waals surface area contributed by atoms with Crippen molar-refractivity contribution in [1.82, 2.24) is 0 Å². The Hall–Kier alpha value is -0.747. The van der Waals surface area contributed by atoms with Crippen LogP contribution in [0.2, 0.25) is 0 Å². The van der Waals surface area contributed by atoms with Gasteiger partial charge < -0.3 is 35.2 Å². The van der Waals surface area contributed by atoms with Crippen molar-refractivity contribution in [3.8, 4) is 0 Å². The molecule has 8 heteroatoms. The molecule has 20 heavy (non-hydrogen) atoms. The van der Waals surface area contributed by atoms with Crippen molar-refractivity contribution in [2.45, 2.75) is 59.3 Å². The van der Waals surface area contributed by atoms with Gasteiger partial charge in [-0.15, -0.1) is 0 Å². The van der Waals surface area contributed by atoms with Crippen LogP contribution in [0.3, 0.4) is 0 Å². The molecule has 0 fully saturated rings. The number of carboxylic acids is 3. The Morgan fingerprint density at radius 2 is 0.800 bits per heavy atom. The molecule has 0 aliphatic heterocycles. The molecular formula is C12H22O7Zr. The maximum absolute atomic E-state index is 9.49. The second kappa shape index (κ2) is 26.7. The number of carbonyl (C=O) groups is 3. The van der Waals surface area contributed by atoms with Gasteiger partial charge in [0.1, 0.15) is 0 Å². The van der Waals surface area contributed by atoms with E-state index in [4.69, 9.17) is 0 Å². The van der Waals surface area contributed by atoms with Crippen LogP contribution >= 0.6 is 0 Å². The Balaban J connectivity index is -0.0000000536. The fourth-order valence-electron chi connectivity index (χ4n) is 0.612. The largest absolute Gasteiger partial charge is 4.00 e. The van der Waals surface area contributed by atoms with E-state index in [0.717, 1.165) is 0 Å². The maximum Gasteiger partial charge on any atom is 4.00 e. The normalized spacial score (nSPS) is 7.35. The van der Waals surface area contributed by atoms with Gasteiger partial charge in [0.2, 0.25) is 0 Å². The van der Waals surface area contributed by atoms with E-state index in [2.05, 4.69) is 0 Å². The van der Waals surface area contributed by atoms with E-state index in [9.17, 15) is 29.7 Å². The third-order valence-electron chi connectivity index (χ3n) is 1.36. The summed E-state index contributed by atoms with van der Waals surface area (Å²) < 4.78 is 0. The Morgan fingerprint density at radius 1 is 0.650 bits per heavy atom. The van der Waals surface area contributed by atoms with Crippen molar-refractivity contribution in [1.29, 1.82) is 0 Å². The number of rotatable bonds is 6. The Bertz CT molecular complexity index is 194. The van der Waals surface area contributed by atoms with E-state index in [0.29, 0.717) is 19.3 Å². The van der Waals surface area contributed by atoms with Crippen LogP contribution < -0.4 is 15.3 Å². The summed E-state index contributed by atoms with van der Waals surface area (Å²) in [6, 6.07) is 0. The van der Waals surface area contributed by atoms with Crippen molar-refractivity contribution in [2.75, 3.05) is 0 Å². The summed E-state index contributed by atoms with van der Waals surface area (Å²) in [6.07, 6.45) is 2.55. The van der Waals surface area contributed by atoms with E-state index < -0.39 is 17.9 Å². The van der Waals surface area contributed by atoms with Crippen LogP contribution in [0.1, 0.15) is 59.3 Å². The molecule has 0 heterocycles. The molecule has 0 aromatic heterocycles. The zero-order valence-electron chi connectivity index (χ0n) is 12.1. The van der Waals surface area contributed by atoms with Gasteiger partial charge in [-0.3, -0.25) is 0 Å². The predicted octanol–water partition coefficient (Wildman–Crippen LogP) is -1.57. The van der Waals surface area contributed by atoms with E-state index in [1.54, 1.807) is 20.8 Å². The summed E-state index contributed by atoms with van der Waals surface area (Å²) in [7, 11) is 0. The van der Waals surface area contributed by atoms with Gasteiger partial charge in [-0.1, -0.05) is 40.0 Å². The molecular weight excluding hydrogens is 347 g/mol. The van der Waals surface area contributed by atoms with Gasteiger partial charge in [-0.25, -0.2) is 0 Å². The van der Waals surface area contributed by atoms with Crippen molar-refractivity contribution in [3.63, 3.8) is 0 Å². The summed E-state index contributed by atoms with van der Waals surface area (Å²) in [5.41, 5.74) is 0. The van der Waals surface area contributed by atoms with Gasteiger partial charge in [0.15, 0.2) is 0 Å². The summed E-state index contributed by atoms with van der Waals surface area (Å²) in [6.45, 7) is 5.40. The van der Waals surface area contributed by atoms with E-state index >= 15 is 0 Å². The van der Waals surface area contributed by atoms with Crippen molar-refractivity contribution >= 4 is 17.9 Å². The summed E-state index contributed by atoms with van der Waals surface area (Å²) in [5.74, 6) is -2.88. The maximum atomic E-state index is 9.49. The molecule has 0 bridgehead atoms. The Morgan fingerprint density at radius 3 is 0.800 bits per heavy atom. The summed E-state index contributed by atoms with van der Waals surface area (Å²) >= 11 is 0. The molecule has 0 amide bonds. The van der Waals surface area contributed by atoms with Crippen LogP contribution in [0.15, 0.2) is 0 Å². The molecule has 0 rings (SSSR count). The van der Waals surface area contributed by atoms with Crippen molar-refractivity contribution in [2.24, 2.45) is 0 Å². The van der Waals surface area contributed by atoms with Crippen LogP contribution in [0, 0.1) is 0 Å². The standard InChI is InChI=1S/3C4H8O2.H2O.Zr/c3*1-2-3-4(5)6;;/h3*2-3H2,1H3,(H,5,6);1H2;/q;;;;+4/p-4. The van der Waals surface area contributed by atoms with Gasteiger partial charge in [0, 0.05) is 17.9 Å². The minimum atomic E-state index is -0.961. The molecule has 0 aromatic carbocycles. The smallest absolute Gasteiger partial charge is 0.870 e. The number of carboxylic acid groups (broad SMARTS) is 3. The minimum Gasteiger partial charge on any atom is -0.870 e. The molecule has 0 unspecified atom stereocenters. The fourth-order valence-corrected chi connectivity index (χ4v) is 0.612. The first-order chi connectivity index (χ1) is 8.31. The topological polar surface area (TPSA) is 150 Å². The number of carbonyl (C=O) groups excluding carboxylic acids is 3. The number of hydrogen-bond donors (Lipinski definition) is 0. The van der Waals surface area contributed by atoms with Gasteiger partial charge in [0.25, 0.3) is 0 Å². The van der Waals surface area contributed by atoms with Crippen molar-refractivity contribution in [3.05, 3.63) is 0 Å². The minimum absolute atomic E-state index is 0.